The van der Waals surface area contributed by atoms with Crippen LogP contribution in [0.2, 0.25) is 0 Å². The zero-order valence-corrected chi connectivity index (χ0v) is 9.93. The third-order valence-corrected chi connectivity index (χ3v) is 2.34. The SMILES string of the molecule is C=CCOc1cc(O)c(C(=O)O)cc1C(C)C. The molecule has 4 heteroatoms. The third kappa shape index (κ3) is 3.00. The van der Waals surface area contributed by atoms with Gasteiger partial charge in [-0.1, -0.05) is 26.5 Å². The molecular weight excluding hydrogens is 220 g/mol. The number of carboxylic acids is 1. The highest BCUT2D eigenvalue weighted by molar-refractivity contribution is 5.91. The number of carboxylic acid groups (broad SMARTS) is 1. The molecule has 0 aliphatic carbocycles. The standard InChI is InChI=1S/C13H16O4/c1-4-5-17-12-7-11(14)10(13(15)16)6-9(12)8(2)3/h4,6-8,14H,1,5H2,2-3H3,(H,15,16). The summed E-state index contributed by atoms with van der Waals surface area (Å²) in [6, 6.07) is 2.78. The molecule has 0 aliphatic heterocycles. The molecule has 0 bridgehead atoms. The molecule has 0 saturated heterocycles. The van der Waals surface area contributed by atoms with Crippen LogP contribution in [-0.4, -0.2) is 22.8 Å². The minimum absolute atomic E-state index is 0.105. The molecule has 0 aliphatic rings. The minimum Gasteiger partial charge on any atom is -0.507 e. The van der Waals surface area contributed by atoms with Gasteiger partial charge in [0.25, 0.3) is 0 Å². The Labute approximate surface area is 100 Å². The first-order chi connectivity index (χ1) is 7.97. The van der Waals surface area contributed by atoms with E-state index in [2.05, 4.69) is 6.58 Å². The third-order valence-electron chi connectivity index (χ3n) is 2.34. The van der Waals surface area contributed by atoms with Crippen LogP contribution in [0, 0.1) is 0 Å². The average Bonchev–Trinajstić information content (AvgIpc) is 2.25. The normalized spacial score (nSPS) is 10.3. The number of aromatic hydroxyl groups is 1. The van der Waals surface area contributed by atoms with Gasteiger partial charge < -0.3 is 14.9 Å². The van der Waals surface area contributed by atoms with Gasteiger partial charge in [-0.3, -0.25) is 0 Å². The summed E-state index contributed by atoms with van der Waals surface area (Å²) in [6.07, 6.45) is 1.59. The predicted molar refractivity (Wildman–Crippen MR) is 64.8 cm³/mol. The number of rotatable bonds is 5. The number of benzene rings is 1. The molecule has 0 heterocycles. The summed E-state index contributed by atoms with van der Waals surface area (Å²) in [4.78, 5) is 10.9. The van der Waals surface area contributed by atoms with Gasteiger partial charge >= 0.3 is 5.97 Å². The maximum atomic E-state index is 10.9. The van der Waals surface area contributed by atoms with Gasteiger partial charge in [-0.25, -0.2) is 4.79 Å². The summed E-state index contributed by atoms with van der Waals surface area (Å²) < 4.78 is 5.39. The zero-order valence-electron chi connectivity index (χ0n) is 9.93. The molecule has 2 N–H and O–H groups in total. The lowest BCUT2D eigenvalue weighted by molar-refractivity contribution is 0.0693. The summed E-state index contributed by atoms with van der Waals surface area (Å²) >= 11 is 0. The quantitative estimate of drug-likeness (QED) is 0.771. The van der Waals surface area contributed by atoms with Crippen molar-refractivity contribution < 1.29 is 19.7 Å². The monoisotopic (exact) mass is 236 g/mol. The largest absolute Gasteiger partial charge is 0.507 e. The molecule has 0 fully saturated rings. The second-order valence-electron chi connectivity index (χ2n) is 3.97. The number of aromatic carboxylic acids is 1. The van der Waals surface area contributed by atoms with E-state index in [4.69, 9.17) is 9.84 Å². The van der Waals surface area contributed by atoms with Crippen LogP contribution in [-0.2, 0) is 0 Å². The molecule has 92 valence electrons. The van der Waals surface area contributed by atoms with E-state index >= 15 is 0 Å². The highest BCUT2D eigenvalue weighted by Gasteiger charge is 2.16. The van der Waals surface area contributed by atoms with Crippen molar-refractivity contribution in [3.05, 3.63) is 35.9 Å². The molecule has 0 spiro atoms. The summed E-state index contributed by atoms with van der Waals surface area (Å²) in [7, 11) is 0. The summed E-state index contributed by atoms with van der Waals surface area (Å²) in [5.41, 5.74) is 0.640. The maximum absolute atomic E-state index is 10.9. The Bertz CT molecular complexity index is 435. The number of carbonyl (C=O) groups is 1. The van der Waals surface area contributed by atoms with Crippen LogP contribution in [0.1, 0.15) is 35.7 Å². The van der Waals surface area contributed by atoms with Gasteiger partial charge in [0.05, 0.1) is 0 Å². The van der Waals surface area contributed by atoms with Crippen molar-refractivity contribution in [2.75, 3.05) is 6.61 Å². The van der Waals surface area contributed by atoms with E-state index in [1.54, 1.807) is 6.08 Å². The smallest absolute Gasteiger partial charge is 0.339 e. The molecule has 0 saturated carbocycles. The molecule has 4 nitrogen and oxygen atoms in total. The molecular formula is C13H16O4. The second kappa shape index (κ2) is 5.39. The fourth-order valence-electron chi connectivity index (χ4n) is 1.48. The first-order valence-electron chi connectivity index (χ1n) is 5.31. The van der Waals surface area contributed by atoms with Crippen molar-refractivity contribution in [3.63, 3.8) is 0 Å². The Balaban J connectivity index is 3.25. The molecule has 1 aromatic rings. The molecule has 1 rings (SSSR count). The van der Waals surface area contributed by atoms with Crippen LogP contribution in [0.15, 0.2) is 24.8 Å². The van der Waals surface area contributed by atoms with Gasteiger partial charge in [0.1, 0.15) is 23.7 Å². The summed E-state index contributed by atoms with van der Waals surface area (Å²) in [6.45, 7) is 7.71. The molecule has 0 amide bonds. The fourth-order valence-corrected chi connectivity index (χ4v) is 1.48. The van der Waals surface area contributed by atoms with E-state index in [-0.39, 0.29) is 17.2 Å². The van der Waals surface area contributed by atoms with Crippen molar-refractivity contribution >= 4 is 5.97 Å². The van der Waals surface area contributed by atoms with E-state index in [1.165, 1.54) is 12.1 Å². The second-order valence-corrected chi connectivity index (χ2v) is 3.97. The van der Waals surface area contributed by atoms with E-state index < -0.39 is 5.97 Å². The van der Waals surface area contributed by atoms with Crippen molar-refractivity contribution in [2.24, 2.45) is 0 Å². The van der Waals surface area contributed by atoms with Crippen molar-refractivity contribution in [1.82, 2.24) is 0 Å². The van der Waals surface area contributed by atoms with Crippen molar-refractivity contribution in [2.45, 2.75) is 19.8 Å². The fraction of sp³-hybridized carbons (Fsp3) is 0.308. The van der Waals surface area contributed by atoms with Crippen LogP contribution in [0.5, 0.6) is 11.5 Å². The number of hydrogen-bond donors (Lipinski definition) is 2. The Morgan fingerprint density at radius 1 is 1.53 bits per heavy atom. The van der Waals surface area contributed by atoms with Crippen LogP contribution >= 0.6 is 0 Å². The van der Waals surface area contributed by atoms with Crippen LogP contribution < -0.4 is 4.74 Å². The Morgan fingerprint density at radius 3 is 2.65 bits per heavy atom. The van der Waals surface area contributed by atoms with E-state index in [0.717, 1.165) is 5.56 Å². The first-order valence-corrected chi connectivity index (χ1v) is 5.31. The lowest BCUT2D eigenvalue weighted by atomic mass is 9.99. The van der Waals surface area contributed by atoms with Gasteiger partial charge in [-0.15, -0.1) is 0 Å². The lowest BCUT2D eigenvalue weighted by Crippen LogP contribution is -2.03. The number of hydrogen-bond acceptors (Lipinski definition) is 3. The zero-order chi connectivity index (χ0) is 13.0. The van der Waals surface area contributed by atoms with Crippen molar-refractivity contribution in [1.29, 1.82) is 0 Å². The summed E-state index contributed by atoms with van der Waals surface area (Å²) in [5, 5.41) is 18.5. The van der Waals surface area contributed by atoms with E-state index in [9.17, 15) is 9.90 Å². The van der Waals surface area contributed by atoms with Gasteiger partial charge in [-0.2, -0.15) is 0 Å². The van der Waals surface area contributed by atoms with Crippen LogP contribution in [0.25, 0.3) is 0 Å². The molecule has 0 unspecified atom stereocenters. The van der Waals surface area contributed by atoms with Gasteiger partial charge in [0.2, 0.25) is 0 Å². The lowest BCUT2D eigenvalue weighted by Gasteiger charge is -2.14. The molecule has 0 atom stereocenters. The van der Waals surface area contributed by atoms with Crippen molar-refractivity contribution in [3.8, 4) is 11.5 Å². The highest BCUT2D eigenvalue weighted by atomic mass is 16.5. The summed E-state index contributed by atoms with van der Waals surface area (Å²) in [5.74, 6) is -0.850. The maximum Gasteiger partial charge on any atom is 0.339 e. The number of ether oxygens (including phenoxy) is 1. The predicted octanol–water partition coefficient (Wildman–Crippen LogP) is 2.78. The van der Waals surface area contributed by atoms with Gasteiger partial charge in [-0.05, 0) is 17.5 Å². The number of phenols is 1. The van der Waals surface area contributed by atoms with E-state index in [0.29, 0.717) is 12.4 Å². The first kappa shape index (κ1) is 13.1. The van der Waals surface area contributed by atoms with Gasteiger partial charge in [0, 0.05) is 6.07 Å². The minimum atomic E-state index is -1.15. The molecule has 0 radical (unpaired) electrons. The highest BCUT2D eigenvalue weighted by Crippen LogP contribution is 2.33. The van der Waals surface area contributed by atoms with Crippen LogP contribution in [0.4, 0.5) is 0 Å². The molecule has 1 aromatic carbocycles. The molecule has 0 aromatic heterocycles. The van der Waals surface area contributed by atoms with Gasteiger partial charge in [0.15, 0.2) is 0 Å². The molecule has 17 heavy (non-hydrogen) atoms. The topological polar surface area (TPSA) is 66.8 Å². The average molecular weight is 236 g/mol. The Hall–Kier alpha value is -1.97. The Kier molecular flexibility index (Phi) is 4.15. The Morgan fingerprint density at radius 2 is 2.18 bits per heavy atom. The van der Waals surface area contributed by atoms with E-state index in [1.807, 2.05) is 13.8 Å². The van der Waals surface area contributed by atoms with Crippen LogP contribution in [0.3, 0.4) is 0 Å².